The maximum Gasteiger partial charge on any atom is 0.243 e. The van der Waals surface area contributed by atoms with E-state index in [-0.39, 0.29) is 16.7 Å². The molecule has 1 heterocycles. The minimum atomic E-state index is -3.61. The first-order valence-corrected chi connectivity index (χ1v) is 11.3. The lowest BCUT2D eigenvalue weighted by atomic mass is 10.2. The Morgan fingerprint density at radius 3 is 2.52 bits per heavy atom. The summed E-state index contributed by atoms with van der Waals surface area (Å²) in [5.74, 6) is 0.797. The van der Waals surface area contributed by atoms with E-state index in [0.717, 1.165) is 30.8 Å². The van der Waals surface area contributed by atoms with Gasteiger partial charge in [-0.15, -0.1) is 0 Å². The van der Waals surface area contributed by atoms with Crippen LogP contribution in [0, 0.1) is 0 Å². The summed E-state index contributed by atoms with van der Waals surface area (Å²) in [4.78, 5) is 13.9. The van der Waals surface area contributed by atoms with Crippen LogP contribution in [0.5, 0.6) is 5.75 Å². The van der Waals surface area contributed by atoms with Crippen LogP contribution in [0.2, 0.25) is 0 Å². The van der Waals surface area contributed by atoms with Gasteiger partial charge in [-0.1, -0.05) is 30.3 Å². The third-order valence-electron chi connectivity index (χ3n) is 5.37. The third-order valence-corrected chi connectivity index (χ3v) is 7.29. The molecule has 0 radical (unpaired) electrons. The van der Waals surface area contributed by atoms with Crippen LogP contribution in [-0.2, 0) is 16.6 Å². The number of ether oxygens (including phenoxy) is 1. The number of hydrogen-bond acceptors (Lipinski definition) is 5. The molecule has 0 amide bonds. The van der Waals surface area contributed by atoms with E-state index >= 15 is 0 Å². The Labute approximate surface area is 173 Å². The van der Waals surface area contributed by atoms with Crippen LogP contribution < -0.4 is 4.74 Å². The molecule has 29 heavy (non-hydrogen) atoms. The number of Topliss-reactive ketones (excluding diaryl/α,β-unsaturated/α-hetero) is 1. The van der Waals surface area contributed by atoms with Crippen molar-refractivity contribution in [1.82, 2.24) is 9.21 Å². The Morgan fingerprint density at radius 1 is 1.17 bits per heavy atom. The van der Waals surface area contributed by atoms with Gasteiger partial charge in [0.15, 0.2) is 5.78 Å². The van der Waals surface area contributed by atoms with E-state index in [1.165, 1.54) is 23.4 Å². The molecule has 2 aromatic carbocycles. The van der Waals surface area contributed by atoms with Crippen LogP contribution in [0.1, 0.15) is 36.2 Å². The standard InChI is InChI=1S/C22H28N2O4S/c1-4-28-22-8-6-5-7-19(22)15-24-14-13-20(16-24)23(3)29(26,27)21-11-9-18(10-12-21)17(2)25/h5-12,20H,4,13-16H2,1-3H3. The van der Waals surface area contributed by atoms with Crippen molar-refractivity contribution < 1.29 is 17.9 Å². The summed E-state index contributed by atoms with van der Waals surface area (Å²) in [6.07, 6.45) is 0.776. The van der Waals surface area contributed by atoms with Crippen LogP contribution >= 0.6 is 0 Å². The fraction of sp³-hybridized carbons (Fsp3) is 0.409. The minimum Gasteiger partial charge on any atom is -0.494 e. The quantitative estimate of drug-likeness (QED) is 0.619. The summed E-state index contributed by atoms with van der Waals surface area (Å²) in [6, 6.07) is 14.0. The van der Waals surface area contributed by atoms with Crippen LogP contribution in [0.25, 0.3) is 0 Å². The van der Waals surface area contributed by atoms with Gasteiger partial charge in [0, 0.05) is 43.9 Å². The monoisotopic (exact) mass is 416 g/mol. The van der Waals surface area contributed by atoms with E-state index in [1.807, 2.05) is 25.1 Å². The fourth-order valence-corrected chi connectivity index (χ4v) is 5.03. The molecule has 0 saturated carbocycles. The molecule has 0 N–H and O–H groups in total. The second-order valence-corrected chi connectivity index (χ2v) is 9.32. The lowest BCUT2D eigenvalue weighted by Crippen LogP contribution is -2.38. The van der Waals surface area contributed by atoms with E-state index in [9.17, 15) is 13.2 Å². The Bertz CT molecular complexity index is 957. The highest BCUT2D eigenvalue weighted by atomic mass is 32.2. The van der Waals surface area contributed by atoms with E-state index in [4.69, 9.17) is 4.74 Å². The van der Waals surface area contributed by atoms with E-state index in [1.54, 1.807) is 19.2 Å². The Kier molecular flexibility index (Phi) is 6.72. The molecule has 7 heteroatoms. The molecule has 1 atom stereocenters. The smallest absolute Gasteiger partial charge is 0.243 e. The molecular weight excluding hydrogens is 388 g/mol. The van der Waals surface area contributed by atoms with Crippen molar-refractivity contribution in [3.63, 3.8) is 0 Å². The fourth-order valence-electron chi connectivity index (χ4n) is 3.65. The maximum atomic E-state index is 13.0. The Hall–Kier alpha value is -2.22. The van der Waals surface area contributed by atoms with Crippen molar-refractivity contribution in [1.29, 1.82) is 0 Å². The van der Waals surface area contributed by atoms with Crippen molar-refractivity contribution in [3.8, 4) is 5.75 Å². The zero-order chi connectivity index (χ0) is 21.0. The molecule has 0 spiro atoms. The van der Waals surface area contributed by atoms with Crippen LogP contribution in [-0.4, -0.2) is 56.2 Å². The maximum absolute atomic E-state index is 13.0. The van der Waals surface area contributed by atoms with Crippen LogP contribution in [0.3, 0.4) is 0 Å². The first-order valence-electron chi connectivity index (χ1n) is 9.85. The molecular formula is C22H28N2O4S. The number of hydrogen-bond donors (Lipinski definition) is 0. The number of nitrogens with zero attached hydrogens (tertiary/aromatic N) is 2. The summed E-state index contributed by atoms with van der Waals surface area (Å²) in [7, 11) is -1.97. The molecule has 2 aromatic rings. The normalized spacial score (nSPS) is 17.6. The Morgan fingerprint density at radius 2 is 1.86 bits per heavy atom. The Balaban J connectivity index is 1.68. The highest BCUT2D eigenvalue weighted by Crippen LogP contribution is 2.26. The van der Waals surface area contributed by atoms with E-state index < -0.39 is 10.0 Å². The van der Waals surface area contributed by atoms with Gasteiger partial charge in [-0.2, -0.15) is 4.31 Å². The molecule has 1 fully saturated rings. The average Bonchev–Trinajstić information content (AvgIpc) is 3.17. The number of carbonyl (C=O) groups excluding carboxylic acids is 1. The molecule has 0 bridgehead atoms. The number of sulfonamides is 1. The molecule has 3 rings (SSSR count). The predicted molar refractivity (Wildman–Crippen MR) is 113 cm³/mol. The van der Waals surface area contributed by atoms with Crippen molar-refractivity contribution in [2.24, 2.45) is 0 Å². The summed E-state index contributed by atoms with van der Waals surface area (Å²) in [5.41, 5.74) is 1.62. The summed E-state index contributed by atoms with van der Waals surface area (Å²) in [5, 5.41) is 0. The summed E-state index contributed by atoms with van der Waals surface area (Å²) >= 11 is 0. The number of likely N-dealkylation sites (tertiary alicyclic amines) is 1. The molecule has 6 nitrogen and oxygen atoms in total. The number of carbonyl (C=O) groups is 1. The lowest BCUT2D eigenvalue weighted by molar-refractivity contribution is 0.101. The van der Waals surface area contributed by atoms with Crippen molar-refractivity contribution in [3.05, 3.63) is 59.7 Å². The number of benzene rings is 2. The van der Waals surface area contributed by atoms with Gasteiger partial charge in [0.2, 0.25) is 10.0 Å². The second kappa shape index (κ2) is 9.07. The second-order valence-electron chi connectivity index (χ2n) is 7.32. The minimum absolute atomic E-state index is 0.0823. The summed E-state index contributed by atoms with van der Waals surface area (Å²) in [6.45, 7) is 6.27. The van der Waals surface area contributed by atoms with Gasteiger partial charge in [-0.25, -0.2) is 8.42 Å². The topological polar surface area (TPSA) is 66.9 Å². The molecule has 0 aromatic heterocycles. The first kappa shape index (κ1) is 21.5. The van der Waals surface area contributed by atoms with Gasteiger partial charge >= 0.3 is 0 Å². The largest absolute Gasteiger partial charge is 0.494 e. The highest BCUT2D eigenvalue weighted by Gasteiger charge is 2.33. The SMILES string of the molecule is CCOc1ccccc1CN1CCC(N(C)S(=O)(=O)c2ccc(C(C)=O)cc2)C1. The van der Waals surface area contributed by atoms with Gasteiger partial charge < -0.3 is 4.74 Å². The molecule has 1 aliphatic heterocycles. The van der Waals surface area contributed by atoms with Crippen molar-refractivity contribution >= 4 is 15.8 Å². The molecule has 1 unspecified atom stereocenters. The van der Waals surface area contributed by atoms with Crippen molar-refractivity contribution in [2.45, 2.75) is 37.8 Å². The predicted octanol–water partition coefficient (Wildman–Crippen LogP) is 3.18. The van der Waals surface area contributed by atoms with Crippen LogP contribution in [0.15, 0.2) is 53.4 Å². The number of ketones is 1. The zero-order valence-corrected chi connectivity index (χ0v) is 18.0. The van der Waals surface area contributed by atoms with Crippen LogP contribution in [0.4, 0.5) is 0 Å². The number of rotatable bonds is 8. The van der Waals surface area contributed by atoms with Gasteiger partial charge in [0.05, 0.1) is 11.5 Å². The number of likely N-dealkylation sites (N-methyl/N-ethyl adjacent to an activating group) is 1. The molecule has 156 valence electrons. The van der Waals surface area contributed by atoms with Gasteiger partial charge in [0.1, 0.15) is 5.75 Å². The van der Waals surface area contributed by atoms with Crippen molar-refractivity contribution in [2.75, 3.05) is 26.7 Å². The number of para-hydroxylation sites is 1. The summed E-state index contributed by atoms with van der Waals surface area (Å²) < 4.78 is 33.2. The lowest BCUT2D eigenvalue weighted by Gasteiger charge is -2.25. The third kappa shape index (κ3) is 4.86. The van der Waals surface area contributed by atoms with Gasteiger partial charge in [-0.3, -0.25) is 9.69 Å². The first-order chi connectivity index (χ1) is 13.8. The van der Waals surface area contributed by atoms with Gasteiger partial charge in [-0.05, 0) is 38.5 Å². The highest BCUT2D eigenvalue weighted by molar-refractivity contribution is 7.89. The average molecular weight is 417 g/mol. The van der Waals surface area contributed by atoms with Gasteiger partial charge in [0.25, 0.3) is 0 Å². The van der Waals surface area contributed by atoms with E-state index in [0.29, 0.717) is 18.7 Å². The molecule has 0 aliphatic carbocycles. The molecule has 1 saturated heterocycles. The zero-order valence-electron chi connectivity index (χ0n) is 17.2. The molecule has 1 aliphatic rings. The van der Waals surface area contributed by atoms with E-state index in [2.05, 4.69) is 11.0 Å².